The molecule has 0 aliphatic rings. The predicted molar refractivity (Wildman–Crippen MR) is 55.4 cm³/mol. The Morgan fingerprint density at radius 1 is 1.53 bits per heavy atom. The van der Waals surface area contributed by atoms with Gasteiger partial charge in [-0.3, -0.25) is 4.79 Å². The van der Waals surface area contributed by atoms with Crippen LogP contribution in [0.3, 0.4) is 0 Å². The Labute approximate surface area is 86.5 Å². The van der Waals surface area contributed by atoms with Crippen molar-refractivity contribution >= 4 is 17.3 Å². The summed E-state index contributed by atoms with van der Waals surface area (Å²) in [5, 5.41) is 0. The number of hydrogen-bond acceptors (Lipinski definition) is 2. The number of benzene rings is 1. The summed E-state index contributed by atoms with van der Waals surface area (Å²) in [7, 11) is 0. The molecule has 1 aromatic carbocycles. The zero-order valence-electron chi connectivity index (χ0n) is 8.40. The summed E-state index contributed by atoms with van der Waals surface area (Å²) in [6.07, 6.45) is 1.58. The molecule has 0 N–H and O–H groups in total. The second kappa shape index (κ2) is 3.81. The highest BCUT2D eigenvalue weighted by atomic mass is 19.1. The van der Waals surface area contributed by atoms with Crippen LogP contribution in [0.1, 0.15) is 24.0 Å². The minimum atomic E-state index is -0.308. The van der Waals surface area contributed by atoms with Gasteiger partial charge in [-0.25, -0.2) is 9.37 Å². The van der Waals surface area contributed by atoms with Gasteiger partial charge in [-0.05, 0) is 24.6 Å². The Kier molecular flexibility index (Phi) is 2.49. The number of imidazole rings is 1. The van der Waals surface area contributed by atoms with Crippen molar-refractivity contribution in [2.75, 3.05) is 0 Å². The van der Waals surface area contributed by atoms with Gasteiger partial charge in [-0.1, -0.05) is 6.92 Å². The number of carbonyl (C=O) groups excluding carboxylic acids is 1. The van der Waals surface area contributed by atoms with Gasteiger partial charge >= 0.3 is 0 Å². The second-order valence-corrected chi connectivity index (χ2v) is 3.37. The highest BCUT2D eigenvalue weighted by Crippen LogP contribution is 2.17. The van der Waals surface area contributed by atoms with E-state index in [4.69, 9.17) is 0 Å². The Morgan fingerprint density at radius 2 is 2.33 bits per heavy atom. The molecule has 0 radical (unpaired) electrons. The summed E-state index contributed by atoms with van der Waals surface area (Å²) in [4.78, 5) is 14.9. The molecule has 0 bridgehead atoms. The molecule has 1 aromatic heterocycles. The van der Waals surface area contributed by atoms with E-state index in [2.05, 4.69) is 4.98 Å². The average Bonchev–Trinajstić information content (AvgIpc) is 2.57. The van der Waals surface area contributed by atoms with E-state index in [0.29, 0.717) is 29.7 Å². The smallest absolute Gasteiger partial charge is 0.185 e. The third-order valence-corrected chi connectivity index (χ3v) is 2.29. The molecule has 15 heavy (non-hydrogen) atoms. The molecule has 0 saturated carbocycles. The normalized spacial score (nSPS) is 10.8. The molecular formula is C11H11FN2O. The first kappa shape index (κ1) is 9.83. The van der Waals surface area contributed by atoms with Crippen LogP contribution in [0.25, 0.3) is 11.0 Å². The van der Waals surface area contributed by atoms with Gasteiger partial charge in [0.25, 0.3) is 0 Å². The van der Waals surface area contributed by atoms with Crippen LogP contribution in [0.4, 0.5) is 4.39 Å². The molecule has 2 rings (SSSR count). The number of aldehydes is 1. The first-order chi connectivity index (χ1) is 7.26. The molecule has 0 saturated heterocycles. The van der Waals surface area contributed by atoms with Crippen LogP contribution in [0.5, 0.6) is 0 Å². The molecule has 78 valence electrons. The predicted octanol–water partition coefficient (Wildman–Crippen LogP) is 2.40. The van der Waals surface area contributed by atoms with Crippen molar-refractivity contribution in [3.8, 4) is 0 Å². The summed E-state index contributed by atoms with van der Waals surface area (Å²) < 4.78 is 14.8. The monoisotopic (exact) mass is 206 g/mol. The Balaban J connectivity index is 2.70. The molecule has 0 atom stereocenters. The van der Waals surface area contributed by atoms with Crippen molar-refractivity contribution in [1.82, 2.24) is 9.55 Å². The lowest BCUT2D eigenvalue weighted by molar-refractivity contribution is 0.111. The van der Waals surface area contributed by atoms with Crippen molar-refractivity contribution in [2.45, 2.75) is 19.9 Å². The molecule has 0 fully saturated rings. The lowest BCUT2D eigenvalue weighted by Crippen LogP contribution is -2.02. The highest BCUT2D eigenvalue weighted by molar-refractivity contribution is 5.83. The van der Waals surface area contributed by atoms with Crippen LogP contribution in [-0.4, -0.2) is 15.8 Å². The van der Waals surface area contributed by atoms with Gasteiger partial charge < -0.3 is 4.57 Å². The van der Waals surface area contributed by atoms with E-state index < -0.39 is 0 Å². The fourth-order valence-electron chi connectivity index (χ4n) is 1.66. The van der Waals surface area contributed by atoms with Crippen LogP contribution >= 0.6 is 0 Å². The summed E-state index contributed by atoms with van der Waals surface area (Å²) in [6, 6.07) is 4.34. The fourth-order valence-corrected chi connectivity index (χ4v) is 1.66. The number of carbonyl (C=O) groups is 1. The quantitative estimate of drug-likeness (QED) is 0.723. The Bertz CT molecular complexity index is 505. The fraction of sp³-hybridized carbons (Fsp3) is 0.273. The number of aryl methyl sites for hydroxylation is 1. The molecule has 2 aromatic rings. The van der Waals surface area contributed by atoms with Gasteiger partial charge in [0.2, 0.25) is 0 Å². The van der Waals surface area contributed by atoms with E-state index in [1.807, 2.05) is 6.92 Å². The molecule has 0 aliphatic carbocycles. The maximum absolute atomic E-state index is 13.0. The average molecular weight is 206 g/mol. The summed E-state index contributed by atoms with van der Waals surface area (Å²) in [5.74, 6) is 0.0506. The molecule has 0 amide bonds. The van der Waals surface area contributed by atoms with Crippen molar-refractivity contribution < 1.29 is 9.18 Å². The minimum absolute atomic E-state index is 0.308. The van der Waals surface area contributed by atoms with Crippen LogP contribution in [0.15, 0.2) is 18.2 Å². The van der Waals surface area contributed by atoms with Crippen LogP contribution in [0.2, 0.25) is 0 Å². The Hall–Kier alpha value is -1.71. The first-order valence-corrected chi connectivity index (χ1v) is 4.87. The summed E-state index contributed by atoms with van der Waals surface area (Å²) in [5.41, 5.74) is 1.34. The molecular weight excluding hydrogens is 195 g/mol. The van der Waals surface area contributed by atoms with Crippen LogP contribution < -0.4 is 0 Å². The molecule has 3 nitrogen and oxygen atoms in total. The molecule has 4 heteroatoms. The Morgan fingerprint density at radius 3 is 3.00 bits per heavy atom. The van der Waals surface area contributed by atoms with Crippen LogP contribution in [0, 0.1) is 5.82 Å². The first-order valence-electron chi connectivity index (χ1n) is 4.87. The van der Waals surface area contributed by atoms with Crippen molar-refractivity contribution in [3.05, 3.63) is 29.8 Å². The largest absolute Gasteiger partial charge is 0.322 e. The van der Waals surface area contributed by atoms with Gasteiger partial charge in [-0.2, -0.15) is 0 Å². The van der Waals surface area contributed by atoms with E-state index in [0.717, 1.165) is 6.42 Å². The zero-order valence-corrected chi connectivity index (χ0v) is 8.40. The van der Waals surface area contributed by atoms with Gasteiger partial charge in [0.05, 0.1) is 11.0 Å². The standard InChI is InChI=1S/C11H11FN2O/c1-2-5-14-10-6-8(12)3-4-9(10)13-11(14)7-15/h3-4,6-7H,2,5H2,1H3. The number of halogens is 1. The SMILES string of the molecule is CCCn1c(C=O)nc2ccc(F)cc21. The van der Waals surface area contributed by atoms with Gasteiger partial charge in [-0.15, -0.1) is 0 Å². The summed E-state index contributed by atoms with van der Waals surface area (Å²) >= 11 is 0. The lowest BCUT2D eigenvalue weighted by Gasteiger charge is -2.02. The molecule has 0 unspecified atom stereocenters. The summed E-state index contributed by atoms with van der Waals surface area (Å²) in [6.45, 7) is 2.67. The number of fused-ring (bicyclic) bond motifs is 1. The van der Waals surface area contributed by atoms with E-state index >= 15 is 0 Å². The molecule has 0 aliphatic heterocycles. The van der Waals surface area contributed by atoms with Crippen LogP contribution in [-0.2, 0) is 6.54 Å². The van der Waals surface area contributed by atoms with Crippen molar-refractivity contribution in [1.29, 1.82) is 0 Å². The number of nitrogens with zero attached hydrogens (tertiary/aromatic N) is 2. The molecule has 1 heterocycles. The van der Waals surface area contributed by atoms with Crippen molar-refractivity contribution in [2.24, 2.45) is 0 Å². The van der Waals surface area contributed by atoms with Gasteiger partial charge in [0, 0.05) is 6.54 Å². The lowest BCUT2D eigenvalue weighted by atomic mass is 10.3. The molecule has 0 spiro atoms. The number of rotatable bonds is 3. The van der Waals surface area contributed by atoms with E-state index in [9.17, 15) is 9.18 Å². The van der Waals surface area contributed by atoms with E-state index in [-0.39, 0.29) is 5.82 Å². The van der Waals surface area contributed by atoms with E-state index in [1.165, 1.54) is 12.1 Å². The number of hydrogen-bond donors (Lipinski definition) is 0. The second-order valence-electron chi connectivity index (χ2n) is 3.37. The third kappa shape index (κ3) is 1.63. The van der Waals surface area contributed by atoms with E-state index in [1.54, 1.807) is 10.6 Å². The highest BCUT2D eigenvalue weighted by Gasteiger charge is 2.09. The van der Waals surface area contributed by atoms with Gasteiger partial charge in [0.15, 0.2) is 12.1 Å². The maximum atomic E-state index is 13.0. The zero-order chi connectivity index (χ0) is 10.8. The topological polar surface area (TPSA) is 34.9 Å². The van der Waals surface area contributed by atoms with Crippen molar-refractivity contribution in [3.63, 3.8) is 0 Å². The maximum Gasteiger partial charge on any atom is 0.185 e. The minimum Gasteiger partial charge on any atom is -0.322 e. The third-order valence-electron chi connectivity index (χ3n) is 2.29. The van der Waals surface area contributed by atoms with Gasteiger partial charge in [0.1, 0.15) is 5.82 Å². The number of aromatic nitrogens is 2.